The van der Waals surface area contributed by atoms with Gasteiger partial charge in [-0.05, 0) is 62.9 Å². The topological polar surface area (TPSA) is 50.4 Å². The van der Waals surface area contributed by atoms with Crippen molar-refractivity contribution in [2.24, 2.45) is 0 Å². The molecule has 1 aromatic heterocycles. The van der Waals surface area contributed by atoms with Crippen molar-refractivity contribution in [3.63, 3.8) is 0 Å². The van der Waals surface area contributed by atoms with Gasteiger partial charge in [0.2, 0.25) is 0 Å². The minimum Gasteiger partial charge on any atom is -0.462 e. The maximum Gasteiger partial charge on any atom is 0.341 e. The Morgan fingerprint density at radius 2 is 2.07 bits per heavy atom. The first-order valence-electron chi connectivity index (χ1n) is 10.2. The zero-order valence-corrected chi connectivity index (χ0v) is 18.5. The van der Waals surface area contributed by atoms with E-state index in [0.717, 1.165) is 29.3 Å². The average molecular weight is 429 g/mol. The number of allylic oxidation sites excluding steroid dienone is 1. The van der Waals surface area contributed by atoms with E-state index in [0.29, 0.717) is 17.3 Å². The lowest BCUT2D eigenvalue weighted by atomic mass is 9.97. The molecule has 0 spiro atoms. The molecule has 0 aliphatic heterocycles. The predicted molar refractivity (Wildman–Crippen MR) is 125 cm³/mol. The Labute approximate surface area is 182 Å². The smallest absolute Gasteiger partial charge is 0.341 e. The van der Waals surface area contributed by atoms with E-state index >= 15 is 0 Å². The maximum absolute atomic E-state index is 12.4. The molecular weight excluding hydrogens is 400 g/mol. The van der Waals surface area contributed by atoms with Gasteiger partial charge in [-0.2, -0.15) is 0 Å². The molecule has 1 heterocycles. The van der Waals surface area contributed by atoms with Gasteiger partial charge < -0.3 is 15.4 Å². The molecule has 0 amide bonds. The molecule has 0 bridgehead atoms. The molecular formula is C23H28N2O2S2. The molecule has 0 radical (unpaired) electrons. The molecule has 0 unspecified atom stereocenters. The molecule has 1 aromatic carbocycles. The molecule has 154 valence electrons. The first kappa shape index (κ1) is 21.5. The Balaban J connectivity index is 1.63. The van der Waals surface area contributed by atoms with E-state index in [4.69, 9.17) is 17.0 Å². The highest BCUT2D eigenvalue weighted by molar-refractivity contribution is 7.80. The van der Waals surface area contributed by atoms with Gasteiger partial charge in [0.15, 0.2) is 5.11 Å². The lowest BCUT2D eigenvalue weighted by Gasteiger charge is -2.14. The number of benzene rings is 1. The number of nitrogens with one attached hydrogen (secondary N) is 2. The molecule has 2 N–H and O–H groups in total. The molecule has 0 atom stereocenters. The number of thiophene rings is 1. The summed E-state index contributed by atoms with van der Waals surface area (Å²) in [7, 11) is 0. The molecule has 0 fully saturated rings. The molecule has 0 saturated carbocycles. The molecule has 1 aliphatic carbocycles. The van der Waals surface area contributed by atoms with Crippen molar-refractivity contribution in [1.82, 2.24) is 5.32 Å². The number of esters is 1. The number of hydrogen-bond donors (Lipinski definition) is 2. The monoisotopic (exact) mass is 428 g/mol. The third kappa shape index (κ3) is 6.68. The summed E-state index contributed by atoms with van der Waals surface area (Å²) < 4.78 is 5.23. The first-order chi connectivity index (χ1) is 14.2. The quantitative estimate of drug-likeness (QED) is 0.321. The van der Waals surface area contributed by atoms with Crippen LogP contribution in [0.2, 0.25) is 0 Å². The van der Waals surface area contributed by atoms with Gasteiger partial charge in [-0.25, -0.2) is 4.79 Å². The number of thiocarbonyl (C=S) groups is 1. The van der Waals surface area contributed by atoms with Gasteiger partial charge in [0, 0.05) is 17.8 Å². The highest BCUT2D eigenvalue weighted by Crippen LogP contribution is 2.30. The van der Waals surface area contributed by atoms with Crippen LogP contribution in [0.15, 0.2) is 48.0 Å². The van der Waals surface area contributed by atoms with E-state index in [9.17, 15) is 4.79 Å². The van der Waals surface area contributed by atoms with Gasteiger partial charge in [0.25, 0.3) is 0 Å². The van der Waals surface area contributed by atoms with Crippen LogP contribution in [0.5, 0.6) is 0 Å². The van der Waals surface area contributed by atoms with Gasteiger partial charge >= 0.3 is 5.97 Å². The van der Waals surface area contributed by atoms with Crippen molar-refractivity contribution in [2.45, 2.75) is 45.4 Å². The zero-order valence-electron chi connectivity index (χ0n) is 16.8. The van der Waals surface area contributed by atoms with Crippen molar-refractivity contribution in [3.8, 4) is 0 Å². The van der Waals surface area contributed by atoms with Crippen LogP contribution in [0.3, 0.4) is 0 Å². The number of hydrogen-bond acceptors (Lipinski definition) is 4. The Bertz CT molecular complexity index is 859. The molecule has 2 aromatic rings. The highest BCUT2D eigenvalue weighted by atomic mass is 32.1. The number of carbonyl (C=O) groups is 1. The normalized spacial score (nSPS) is 13.5. The fourth-order valence-corrected chi connectivity index (χ4v) is 4.75. The van der Waals surface area contributed by atoms with E-state index in [1.165, 1.54) is 36.8 Å². The van der Waals surface area contributed by atoms with E-state index < -0.39 is 0 Å². The number of carbonyl (C=O) groups excluding carboxylic acids is 1. The number of rotatable bonds is 8. The molecule has 1 aliphatic rings. The van der Waals surface area contributed by atoms with E-state index in [1.807, 2.05) is 31.2 Å². The van der Waals surface area contributed by atoms with Gasteiger partial charge in [0.05, 0.1) is 12.2 Å². The third-order valence-electron chi connectivity index (χ3n) is 4.84. The molecule has 0 saturated heterocycles. The largest absolute Gasteiger partial charge is 0.462 e. The maximum atomic E-state index is 12.4. The predicted octanol–water partition coefficient (Wildman–Crippen LogP) is 5.69. The summed E-state index contributed by atoms with van der Waals surface area (Å²) in [5, 5.41) is 7.76. The summed E-state index contributed by atoms with van der Waals surface area (Å²) in [5.41, 5.74) is 3.26. The Morgan fingerprint density at radius 1 is 1.24 bits per heavy atom. The average Bonchev–Trinajstić information content (AvgIpc) is 3.12. The van der Waals surface area contributed by atoms with Crippen LogP contribution in [-0.2, 0) is 11.2 Å². The van der Waals surface area contributed by atoms with Crippen LogP contribution >= 0.6 is 23.6 Å². The van der Waals surface area contributed by atoms with Crippen molar-refractivity contribution < 1.29 is 9.53 Å². The zero-order chi connectivity index (χ0) is 20.5. The highest BCUT2D eigenvalue weighted by Gasteiger charge is 2.18. The second-order valence-electron chi connectivity index (χ2n) is 7.08. The summed E-state index contributed by atoms with van der Waals surface area (Å²) in [6.07, 6.45) is 9.12. The summed E-state index contributed by atoms with van der Waals surface area (Å²) in [6.45, 7) is 2.96. The second-order valence-corrected chi connectivity index (χ2v) is 8.62. The summed E-state index contributed by atoms with van der Waals surface area (Å²) in [4.78, 5) is 13.5. The number of ether oxygens (including phenoxy) is 1. The van der Waals surface area contributed by atoms with Gasteiger partial charge in [0.1, 0.15) is 5.00 Å². The summed E-state index contributed by atoms with van der Waals surface area (Å²) in [5.74, 6) is -0.319. The fourth-order valence-electron chi connectivity index (χ4n) is 3.40. The number of anilines is 1. The van der Waals surface area contributed by atoms with E-state index in [-0.39, 0.29) is 5.97 Å². The Morgan fingerprint density at radius 3 is 2.79 bits per heavy atom. The standard InChI is InChI=1S/C23H28N2O2S2/c1-2-27-22(26)20-16-19(15-18-11-7-4-8-12-18)29-21(20)25-23(28)24-14-13-17-9-5-3-6-10-17/h4,7-9,11-12,16H,2-3,5-6,10,13-15H2,1H3,(H2,24,25,28). The van der Waals surface area contributed by atoms with Crippen LogP contribution < -0.4 is 10.6 Å². The fraction of sp³-hybridized carbons (Fsp3) is 0.391. The molecule has 4 nitrogen and oxygen atoms in total. The van der Waals surface area contributed by atoms with Crippen LogP contribution in [0.1, 0.15) is 59.8 Å². The van der Waals surface area contributed by atoms with Gasteiger partial charge in [-0.1, -0.05) is 42.0 Å². The van der Waals surface area contributed by atoms with Crippen molar-refractivity contribution >= 4 is 39.6 Å². The Kier molecular flexibility index (Phi) is 8.25. The lowest BCUT2D eigenvalue weighted by Crippen LogP contribution is -2.29. The van der Waals surface area contributed by atoms with Crippen molar-refractivity contribution in [2.75, 3.05) is 18.5 Å². The molecule has 3 rings (SSSR count). The lowest BCUT2D eigenvalue weighted by molar-refractivity contribution is 0.0528. The van der Waals surface area contributed by atoms with Crippen LogP contribution in [0.4, 0.5) is 5.00 Å². The summed E-state index contributed by atoms with van der Waals surface area (Å²) >= 11 is 7.01. The minimum atomic E-state index is -0.319. The van der Waals surface area contributed by atoms with Crippen LogP contribution in [0, 0.1) is 0 Å². The van der Waals surface area contributed by atoms with Crippen LogP contribution in [0.25, 0.3) is 0 Å². The SMILES string of the molecule is CCOC(=O)c1cc(Cc2ccccc2)sc1NC(=S)NCCC1=CCCCC1. The summed E-state index contributed by atoms with van der Waals surface area (Å²) in [6, 6.07) is 12.1. The van der Waals surface area contributed by atoms with E-state index in [1.54, 1.807) is 11.3 Å². The van der Waals surface area contributed by atoms with Gasteiger partial charge in [-0.15, -0.1) is 11.3 Å². The minimum absolute atomic E-state index is 0.319. The first-order valence-corrected chi connectivity index (χ1v) is 11.4. The van der Waals surface area contributed by atoms with Crippen LogP contribution in [-0.4, -0.2) is 24.2 Å². The Hall–Kier alpha value is -2.18. The van der Waals surface area contributed by atoms with Gasteiger partial charge in [-0.3, -0.25) is 0 Å². The second kappa shape index (κ2) is 11.1. The molecule has 29 heavy (non-hydrogen) atoms. The van der Waals surface area contributed by atoms with Crippen molar-refractivity contribution in [3.05, 3.63) is 64.1 Å². The van der Waals surface area contributed by atoms with E-state index in [2.05, 4.69) is 28.8 Å². The molecule has 6 heteroatoms. The van der Waals surface area contributed by atoms with Crippen molar-refractivity contribution in [1.29, 1.82) is 0 Å². The third-order valence-corrected chi connectivity index (χ3v) is 6.14.